The molecule has 4 rings (SSSR count). The number of carbonyl (C=O) groups excluding carboxylic acids is 1. The van der Waals surface area contributed by atoms with E-state index in [0.29, 0.717) is 16.5 Å². The quantitative estimate of drug-likeness (QED) is 0.501. The van der Waals surface area contributed by atoms with Crippen LogP contribution in [0.25, 0.3) is 15.9 Å². The number of para-hydroxylation sites is 1. The molecule has 4 aromatic rings. The number of anilines is 1. The van der Waals surface area contributed by atoms with E-state index in [0.717, 1.165) is 27.2 Å². The van der Waals surface area contributed by atoms with Crippen LogP contribution in [0.3, 0.4) is 0 Å². The van der Waals surface area contributed by atoms with E-state index in [1.807, 2.05) is 57.3 Å². The Hall–Kier alpha value is -3.33. The molecule has 0 aliphatic rings. The van der Waals surface area contributed by atoms with Crippen molar-refractivity contribution >= 4 is 33.3 Å². The third-order valence-corrected chi connectivity index (χ3v) is 5.77. The molecule has 1 unspecified atom stereocenters. The number of esters is 1. The summed E-state index contributed by atoms with van der Waals surface area (Å²) in [6, 6.07) is 9.66. The molecule has 0 fully saturated rings. The lowest BCUT2D eigenvalue weighted by Crippen LogP contribution is -2.10. The highest BCUT2D eigenvalue weighted by Crippen LogP contribution is 2.35. The predicted octanol–water partition coefficient (Wildman–Crippen LogP) is 3.85. The van der Waals surface area contributed by atoms with E-state index in [4.69, 9.17) is 4.74 Å². The Labute approximate surface area is 171 Å². The zero-order chi connectivity index (χ0) is 20.5. The molecule has 0 aliphatic carbocycles. The van der Waals surface area contributed by atoms with Gasteiger partial charge in [0.2, 0.25) is 0 Å². The minimum absolute atomic E-state index is 0.147. The molecule has 0 spiro atoms. The second-order valence-corrected chi connectivity index (χ2v) is 7.64. The molecule has 0 bridgehead atoms. The Morgan fingerprint density at radius 1 is 1.21 bits per heavy atom. The van der Waals surface area contributed by atoms with E-state index in [9.17, 15) is 4.79 Å². The minimum Gasteiger partial charge on any atom is -0.465 e. The molecule has 0 saturated heterocycles. The summed E-state index contributed by atoms with van der Waals surface area (Å²) >= 11 is 1.31. The van der Waals surface area contributed by atoms with Gasteiger partial charge in [-0.2, -0.15) is 0 Å². The highest BCUT2D eigenvalue weighted by Gasteiger charge is 2.22. The van der Waals surface area contributed by atoms with Crippen molar-refractivity contribution in [3.05, 3.63) is 58.5 Å². The lowest BCUT2D eigenvalue weighted by Gasteiger charge is -2.13. The molecule has 0 amide bonds. The van der Waals surface area contributed by atoms with Crippen LogP contribution in [0.5, 0.6) is 0 Å². The van der Waals surface area contributed by atoms with Crippen molar-refractivity contribution in [2.75, 3.05) is 12.4 Å². The van der Waals surface area contributed by atoms with Gasteiger partial charge in [0.25, 0.3) is 0 Å². The Bertz CT molecular complexity index is 1180. The smallest absolute Gasteiger partial charge is 0.348 e. The number of thiophene rings is 1. The number of rotatable bonds is 5. The molecule has 29 heavy (non-hydrogen) atoms. The average Bonchev–Trinajstić information content (AvgIpc) is 3.33. The van der Waals surface area contributed by atoms with E-state index < -0.39 is 0 Å². The van der Waals surface area contributed by atoms with Gasteiger partial charge in [0.15, 0.2) is 0 Å². The van der Waals surface area contributed by atoms with Gasteiger partial charge in [-0.15, -0.1) is 16.4 Å². The Morgan fingerprint density at radius 2 is 1.97 bits per heavy atom. The van der Waals surface area contributed by atoms with E-state index in [2.05, 4.69) is 25.6 Å². The first kappa shape index (κ1) is 19.0. The van der Waals surface area contributed by atoms with Crippen LogP contribution in [0.4, 0.5) is 5.82 Å². The monoisotopic (exact) mass is 408 g/mol. The molecule has 0 aliphatic heterocycles. The third kappa shape index (κ3) is 3.56. The number of methoxy groups -OCH3 is 1. The van der Waals surface area contributed by atoms with Crippen LogP contribution < -0.4 is 5.32 Å². The summed E-state index contributed by atoms with van der Waals surface area (Å²) in [7, 11) is 1.38. The molecule has 9 heteroatoms. The fraction of sp³-hybridized carbons (Fsp3) is 0.250. The maximum absolute atomic E-state index is 12.1. The second-order valence-electron chi connectivity index (χ2n) is 6.64. The highest BCUT2D eigenvalue weighted by molar-refractivity contribution is 7.20. The van der Waals surface area contributed by atoms with Gasteiger partial charge in [0.1, 0.15) is 27.0 Å². The van der Waals surface area contributed by atoms with Crippen molar-refractivity contribution in [2.45, 2.75) is 26.8 Å². The number of hydrogen-bond donors (Lipinski definition) is 1. The van der Waals surface area contributed by atoms with Crippen LogP contribution in [0.15, 0.2) is 36.5 Å². The predicted molar refractivity (Wildman–Crippen MR) is 112 cm³/mol. The second kappa shape index (κ2) is 7.59. The SMILES string of the molecule is COC(=O)c1sc2nc(C)nc(NC(C)c3cn(-c4ccccc4)nn3)c2c1C. The van der Waals surface area contributed by atoms with Crippen LogP contribution in [0.2, 0.25) is 0 Å². The first-order chi connectivity index (χ1) is 14.0. The molecule has 148 valence electrons. The van der Waals surface area contributed by atoms with E-state index in [1.54, 1.807) is 4.68 Å². The molecule has 0 radical (unpaired) electrons. The number of aromatic nitrogens is 5. The average molecular weight is 408 g/mol. The number of nitrogens with zero attached hydrogens (tertiary/aromatic N) is 5. The summed E-state index contributed by atoms with van der Waals surface area (Å²) in [5, 5.41) is 12.7. The number of nitrogens with one attached hydrogen (secondary N) is 1. The van der Waals surface area contributed by atoms with Crippen molar-refractivity contribution in [1.29, 1.82) is 0 Å². The molecule has 0 saturated carbocycles. The van der Waals surface area contributed by atoms with Gasteiger partial charge in [-0.25, -0.2) is 19.4 Å². The van der Waals surface area contributed by atoms with Gasteiger partial charge in [0.05, 0.1) is 30.4 Å². The number of benzene rings is 1. The van der Waals surface area contributed by atoms with Crippen molar-refractivity contribution in [3.63, 3.8) is 0 Å². The van der Waals surface area contributed by atoms with Crippen molar-refractivity contribution in [1.82, 2.24) is 25.0 Å². The maximum atomic E-state index is 12.1. The molecular formula is C20H20N6O2S. The first-order valence-corrected chi connectivity index (χ1v) is 9.90. The van der Waals surface area contributed by atoms with Gasteiger partial charge in [-0.1, -0.05) is 23.4 Å². The van der Waals surface area contributed by atoms with Crippen LogP contribution in [0, 0.1) is 13.8 Å². The summed E-state index contributed by atoms with van der Waals surface area (Å²) in [4.78, 5) is 22.4. The third-order valence-electron chi connectivity index (χ3n) is 4.60. The Morgan fingerprint density at radius 3 is 2.69 bits per heavy atom. The summed E-state index contributed by atoms with van der Waals surface area (Å²) < 4.78 is 6.63. The van der Waals surface area contributed by atoms with E-state index in [-0.39, 0.29) is 12.0 Å². The number of aryl methyl sites for hydroxylation is 2. The molecule has 8 nitrogen and oxygen atoms in total. The van der Waals surface area contributed by atoms with Gasteiger partial charge in [-0.05, 0) is 38.5 Å². The lowest BCUT2D eigenvalue weighted by molar-refractivity contribution is 0.0605. The Balaban J connectivity index is 1.68. The summed E-state index contributed by atoms with van der Waals surface area (Å²) in [6.45, 7) is 5.70. The van der Waals surface area contributed by atoms with Gasteiger partial charge >= 0.3 is 5.97 Å². The lowest BCUT2D eigenvalue weighted by atomic mass is 10.2. The number of hydrogen-bond acceptors (Lipinski definition) is 8. The van der Waals surface area contributed by atoms with Crippen LogP contribution in [0.1, 0.15) is 39.7 Å². The molecular weight excluding hydrogens is 388 g/mol. The van der Waals surface area contributed by atoms with Gasteiger partial charge < -0.3 is 10.1 Å². The van der Waals surface area contributed by atoms with Crippen molar-refractivity contribution in [2.24, 2.45) is 0 Å². The summed E-state index contributed by atoms with van der Waals surface area (Å²) in [6.07, 6.45) is 1.89. The van der Waals surface area contributed by atoms with Crippen LogP contribution in [-0.4, -0.2) is 38.0 Å². The molecule has 3 aromatic heterocycles. The van der Waals surface area contributed by atoms with E-state index in [1.165, 1.54) is 18.4 Å². The summed E-state index contributed by atoms with van der Waals surface area (Å²) in [5.74, 6) is 0.920. The first-order valence-electron chi connectivity index (χ1n) is 9.08. The van der Waals surface area contributed by atoms with Crippen LogP contribution >= 0.6 is 11.3 Å². The van der Waals surface area contributed by atoms with Crippen LogP contribution in [-0.2, 0) is 4.74 Å². The van der Waals surface area contributed by atoms with Gasteiger partial charge in [-0.3, -0.25) is 0 Å². The number of fused-ring (bicyclic) bond motifs is 1. The molecule has 3 heterocycles. The minimum atomic E-state index is -0.368. The largest absolute Gasteiger partial charge is 0.465 e. The molecule has 1 N–H and O–H groups in total. The normalized spacial score (nSPS) is 12.1. The maximum Gasteiger partial charge on any atom is 0.348 e. The number of ether oxygens (including phenoxy) is 1. The topological polar surface area (TPSA) is 94.8 Å². The standard InChI is InChI=1S/C20H20N6O2S/c1-11-16-18(22-13(3)23-19(16)29-17(11)20(27)28-4)21-12(2)15-10-26(25-24-15)14-8-6-5-7-9-14/h5-10,12H,1-4H3,(H,21,22,23). The summed E-state index contributed by atoms with van der Waals surface area (Å²) in [5.41, 5.74) is 2.52. The van der Waals surface area contributed by atoms with Crippen molar-refractivity contribution in [3.8, 4) is 5.69 Å². The molecule has 1 atom stereocenters. The zero-order valence-electron chi connectivity index (χ0n) is 16.5. The van der Waals surface area contributed by atoms with Gasteiger partial charge in [0, 0.05) is 0 Å². The van der Waals surface area contributed by atoms with Crippen molar-refractivity contribution < 1.29 is 9.53 Å². The highest BCUT2D eigenvalue weighted by atomic mass is 32.1. The molecule has 1 aromatic carbocycles. The van der Waals surface area contributed by atoms with E-state index >= 15 is 0 Å². The Kier molecular flexibility index (Phi) is 4.98. The fourth-order valence-corrected chi connectivity index (χ4v) is 4.24. The zero-order valence-corrected chi connectivity index (χ0v) is 17.3. The fourth-order valence-electron chi connectivity index (χ4n) is 3.10. The number of carbonyl (C=O) groups is 1.